The van der Waals surface area contributed by atoms with Crippen LogP contribution >= 0.6 is 0 Å². The van der Waals surface area contributed by atoms with Crippen LogP contribution in [0, 0.1) is 29.1 Å². The number of imide groups is 1. The second kappa shape index (κ2) is 4.07. The van der Waals surface area contributed by atoms with Crippen molar-refractivity contribution in [2.75, 3.05) is 0 Å². The average Bonchev–Trinajstić information content (AvgIpc) is 3.18. The third kappa shape index (κ3) is 1.48. The van der Waals surface area contributed by atoms with Gasteiger partial charge in [-0.25, -0.2) is 0 Å². The van der Waals surface area contributed by atoms with Gasteiger partial charge in [0.15, 0.2) is 0 Å². The fourth-order valence-electron chi connectivity index (χ4n) is 4.85. The van der Waals surface area contributed by atoms with Gasteiger partial charge in [-0.3, -0.25) is 24.8 Å². The molecule has 2 saturated carbocycles. The number of nitrogens with zero attached hydrogens (tertiary/aromatic N) is 2. The lowest BCUT2D eigenvalue weighted by Gasteiger charge is -2.21. The number of pyridine rings is 1. The molecule has 1 saturated heterocycles. The van der Waals surface area contributed by atoms with Crippen molar-refractivity contribution < 1.29 is 14.4 Å². The van der Waals surface area contributed by atoms with Crippen LogP contribution in [-0.2, 0) is 9.59 Å². The Hall–Kier alpha value is -2.50. The molecule has 1 aromatic rings. The zero-order valence-electron chi connectivity index (χ0n) is 12.3. The van der Waals surface area contributed by atoms with Crippen LogP contribution in [0.3, 0.4) is 0 Å². The predicted octanol–water partition coefficient (Wildman–Crippen LogP) is 0.924. The van der Waals surface area contributed by atoms with E-state index < -0.39 is 5.91 Å². The first-order valence-electron chi connectivity index (χ1n) is 7.91. The van der Waals surface area contributed by atoms with Crippen LogP contribution in [0.5, 0.6) is 0 Å². The quantitative estimate of drug-likeness (QED) is 0.651. The van der Waals surface area contributed by atoms with E-state index in [0.717, 1.165) is 17.9 Å². The van der Waals surface area contributed by atoms with Gasteiger partial charge < -0.3 is 0 Å². The summed E-state index contributed by atoms with van der Waals surface area (Å²) in [7, 11) is 0. The monoisotopic (exact) mass is 309 g/mol. The second-order valence-electron chi connectivity index (χ2n) is 6.92. The summed E-state index contributed by atoms with van der Waals surface area (Å²) in [6, 6.07) is 3.23. The van der Waals surface area contributed by atoms with Crippen molar-refractivity contribution in [3.05, 3.63) is 42.2 Å². The van der Waals surface area contributed by atoms with E-state index in [4.69, 9.17) is 0 Å². The molecule has 4 aliphatic rings. The van der Waals surface area contributed by atoms with Crippen molar-refractivity contribution in [1.29, 1.82) is 0 Å². The molecule has 1 aromatic heterocycles. The topological polar surface area (TPSA) is 79.4 Å². The third-order valence-electron chi connectivity index (χ3n) is 5.99. The molecule has 0 unspecified atom stereocenters. The van der Waals surface area contributed by atoms with Crippen LogP contribution in [0.1, 0.15) is 23.2 Å². The Morgan fingerprint density at radius 1 is 1.17 bits per heavy atom. The summed E-state index contributed by atoms with van der Waals surface area (Å²) in [5.74, 6) is -1.28. The Morgan fingerprint density at radius 3 is 2.35 bits per heavy atom. The first-order chi connectivity index (χ1) is 11.1. The molecule has 1 N–H and O–H groups in total. The number of hydrogen-bond donors (Lipinski definition) is 1. The molecule has 3 fully saturated rings. The van der Waals surface area contributed by atoms with Gasteiger partial charge in [-0.15, -0.1) is 0 Å². The highest BCUT2D eigenvalue weighted by Gasteiger charge is 2.73. The molecular weight excluding hydrogens is 294 g/mol. The van der Waals surface area contributed by atoms with Crippen LogP contribution in [0.2, 0.25) is 0 Å². The average molecular weight is 309 g/mol. The van der Waals surface area contributed by atoms with Gasteiger partial charge in [0.05, 0.1) is 17.4 Å². The molecule has 1 aliphatic heterocycles. The highest BCUT2D eigenvalue weighted by molar-refractivity contribution is 6.09. The van der Waals surface area contributed by atoms with E-state index in [1.54, 1.807) is 18.3 Å². The van der Waals surface area contributed by atoms with E-state index in [1.165, 1.54) is 6.20 Å². The summed E-state index contributed by atoms with van der Waals surface area (Å²) in [4.78, 5) is 41.5. The molecule has 4 atom stereocenters. The number of fused-ring (bicyclic) bond motifs is 3. The molecule has 5 rings (SSSR count). The summed E-state index contributed by atoms with van der Waals surface area (Å²) in [5.41, 5.74) is 2.96. The SMILES string of the molecule is O=C(NN1C(=O)[C@@H]2[C@H](C1=O)[C@H]1C=C[C@@H]2C12CC2)c1cccnc1. The fraction of sp³-hybridized carbons (Fsp3) is 0.412. The van der Waals surface area contributed by atoms with Gasteiger partial charge in [0, 0.05) is 12.4 Å². The molecule has 23 heavy (non-hydrogen) atoms. The van der Waals surface area contributed by atoms with Crippen LogP contribution in [-0.4, -0.2) is 27.7 Å². The van der Waals surface area contributed by atoms with E-state index >= 15 is 0 Å². The molecule has 0 aromatic carbocycles. The van der Waals surface area contributed by atoms with Gasteiger partial charge in [0.2, 0.25) is 0 Å². The highest BCUT2D eigenvalue weighted by atomic mass is 16.2. The van der Waals surface area contributed by atoms with Gasteiger partial charge in [-0.05, 0) is 42.2 Å². The van der Waals surface area contributed by atoms with Gasteiger partial charge in [-0.1, -0.05) is 12.2 Å². The number of rotatable bonds is 2. The molecule has 3 amide bonds. The van der Waals surface area contributed by atoms with E-state index in [1.807, 2.05) is 0 Å². The Morgan fingerprint density at radius 2 is 1.83 bits per heavy atom. The van der Waals surface area contributed by atoms with E-state index in [9.17, 15) is 14.4 Å². The maximum Gasteiger partial charge on any atom is 0.271 e. The number of carbonyl (C=O) groups excluding carboxylic acids is 3. The number of amides is 3. The van der Waals surface area contributed by atoms with Gasteiger partial charge in [0.1, 0.15) is 0 Å². The number of aromatic nitrogens is 1. The lowest BCUT2D eigenvalue weighted by Crippen LogP contribution is -2.47. The first-order valence-corrected chi connectivity index (χ1v) is 7.91. The largest absolute Gasteiger partial charge is 0.272 e. The molecule has 3 aliphatic carbocycles. The Labute approximate surface area is 132 Å². The lowest BCUT2D eigenvalue weighted by atomic mass is 9.85. The van der Waals surface area contributed by atoms with Crippen molar-refractivity contribution in [3.8, 4) is 0 Å². The van der Waals surface area contributed by atoms with E-state index in [2.05, 4.69) is 22.6 Å². The molecule has 116 valence electrons. The summed E-state index contributed by atoms with van der Waals surface area (Å²) in [6.07, 6.45) is 9.39. The Bertz CT molecular complexity index is 735. The Kier molecular flexibility index (Phi) is 2.30. The number of nitrogens with one attached hydrogen (secondary N) is 1. The van der Waals surface area contributed by atoms with Crippen molar-refractivity contribution >= 4 is 17.7 Å². The standard InChI is InChI=1S/C17H15N3O3/c21-14(9-2-1-7-18-8-9)19-20-15(22)12-10-3-4-11(13(12)16(20)23)17(10)5-6-17/h1-4,7-8,10-13H,5-6H2,(H,19,21)/t10-,11+,12-,13+. The van der Waals surface area contributed by atoms with Crippen LogP contribution < -0.4 is 5.43 Å². The van der Waals surface area contributed by atoms with E-state index in [-0.39, 0.29) is 40.9 Å². The minimum Gasteiger partial charge on any atom is -0.272 e. The Balaban J connectivity index is 1.42. The highest BCUT2D eigenvalue weighted by Crippen LogP contribution is 2.73. The maximum atomic E-state index is 12.7. The third-order valence-corrected chi connectivity index (χ3v) is 5.99. The molecule has 1 spiro atoms. The lowest BCUT2D eigenvalue weighted by molar-refractivity contribution is -0.144. The van der Waals surface area contributed by atoms with Crippen molar-refractivity contribution in [1.82, 2.24) is 15.4 Å². The maximum absolute atomic E-state index is 12.7. The van der Waals surface area contributed by atoms with Crippen LogP contribution in [0.25, 0.3) is 0 Å². The minimum absolute atomic E-state index is 0.161. The summed E-state index contributed by atoms with van der Waals surface area (Å²) < 4.78 is 0. The van der Waals surface area contributed by atoms with Gasteiger partial charge in [0.25, 0.3) is 17.7 Å². The molecule has 6 nitrogen and oxygen atoms in total. The summed E-state index contributed by atoms with van der Waals surface area (Å²) >= 11 is 0. The predicted molar refractivity (Wildman–Crippen MR) is 78.3 cm³/mol. The minimum atomic E-state index is -0.485. The zero-order valence-corrected chi connectivity index (χ0v) is 12.3. The van der Waals surface area contributed by atoms with Crippen molar-refractivity contribution in [2.45, 2.75) is 12.8 Å². The first kappa shape index (κ1) is 13.0. The second-order valence-corrected chi connectivity index (χ2v) is 6.92. The number of hydrogen-bond acceptors (Lipinski definition) is 4. The van der Waals surface area contributed by atoms with Gasteiger partial charge in [-0.2, -0.15) is 5.01 Å². The number of allylic oxidation sites excluding steroid dienone is 2. The summed E-state index contributed by atoms with van der Waals surface area (Å²) in [5, 5.41) is 0.937. The smallest absolute Gasteiger partial charge is 0.271 e. The number of hydrazine groups is 1. The van der Waals surface area contributed by atoms with E-state index in [0.29, 0.717) is 5.56 Å². The summed E-state index contributed by atoms with van der Waals surface area (Å²) in [6.45, 7) is 0. The zero-order chi connectivity index (χ0) is 15.8. The molecular formula is C17H15N3O3. The van der Waals surface area contributed by atoms with Gasteiger partial charge >= 0.3 is 0 Å². The molecule has 0 radical (unpaired) electrons. The van der Waals surface area contributed by atoms with Crippen molar-refractivity contribution in [3.63, 3.8) is 0 Å². The molecule has 2 heterocycles. The molecule has 6 heteroatoms. The molecule has 2 bridgehead atoms. The number of carbonyl (C=O) groups is 3. The fourth-order valence-corrected chi connectivity index (χ4v) is 4.85. The normalized spacial score (nSPS) is 35.0. The van der Waals surface area contributed by atoms with Crippen LogP contribution in [0.15, 0.2) is 36.7 Å². The van der Waals surface area contributed by atoms with Crippen molar-refractivity contribution in [2.24, 2.45) is 29.1 Å². The van der Waals surface area contributed by atoms with Crippen LogP contribution in [0.4, 0.5) is 0 Å².